The number of nitrogens with zero attached hydrogens (tertiary/aromatic N) is 2. The molecule has 0 bridgehead atoms. The quantitative estimate of drug-likeness (QED) is 0.876. The van der Waals surface area contributed by atoms with Crippen LogP contribution in [0.25, 0.3) is 0 Å². The lowest BCUT2D eigenvalue weighted by molar-refractivity contribution is 0.414. The number of aromatic nitrogens is 2. The topological polar surface area (TPSA) is 47.0 Å². The van der Waals surface area contributed by atoms with Crippen LogP contribution in [-0.2, 0) is 6.42 Å². The molecule has 20 heavy (non-hydrogen) atoms. The second-order valence-corrected chi connectivity index (χ2v) is 6.30. The Morgan fingerprint density at radius 2 is 2.05 bits per heavy atom. The molecule has 1 aromatic heterocycles. The Bertz CT molecular complexity index is 554. The van der Waals surface area contributed by atoms with Gasteiger partial charge in [0.15, 0.2) is 0 Å². The normalized spacial score (nSPS) is 12.4. The van der Waals surface area contributed by atoms with Crippen molar-refractivity contribution in [1.82, 2.24) is 10.2 Å². The molecule has 0 radical (unpaired) electrons. The summed E-state index contributed by atoms with van der Waals surface area (Å²) in [7, 11) is 1.68. The van der Waals surface area contributed by atoms with Gasteiger partial charge in [-0.25, -0.2) is 0 Å². The fourth-order valence-electron chi connectivity index (χ4n) is 1.92. The van der Waals surface area contributed by atoms with E-state index < -0.39 is 0 Å². The zero-order valence-corrected chi connectivity index (χ0v) is 13.2. The van der Waals surface area contributed by atoms with Gasteiger partial charge in [0.1, 0.15) is 10.8 Å². The zero-order chi connectivity index (χ0) is 14.5. The van der Waals surface area contributed by atoms with E-state index in [9.17, 15) is 0 Å². The molecule has 0 fully saturated rings. The first-order valence-electron chi connectivity index (χ1n) is 6.81. The third-order valence-electron chi connectivity index (χ3n) is 2.98. The van der Waals surface area contributed by atoms with Crippen molar-refractivity contribution < 1.29 is 4.74 Å². The molecule has 1 unspecified atom stereocenters. The van der Waals surface area contributed by atoms with E-state index in [0.29, 0.717) is 5.92 Å². The number of hydrogen-bond acceptors (Lipinski definition) is 5. The van der Waals surface area contributed by atoms with Crippen LogP contribution in [-0.4, -0.2) is 17.3 Å². The number of hydrogen-bond donors (Lipinski definition) is 1. The van der Waals surface area contributed by atoms with Gasteiger partial charge in [0.2, 0.25) is 5.13 Å². The molecule has 0 amide bonds. The molecule has 0 spiro atoms. The predicted molar refractivity (Wildman–Crippen MR) is 83.5 cm³/mol. The molecule has 0 saturated heterocycles. The van der Waals surface area contributed by atoms with E-state index in [1.807, 2.05) is 18.2 Å². The largest absolute Gasteiger partial charge is 0.497 e. The van der Waals surface area contributed by atoms with Gasteiger partial charge < -0.3 is 10.1 Å². The lowest BCUT2D eigenvalue weighted by Crippen LogP contribution is -2.06. The van der Waals surface area contributed by atoms with Crippen molar-refractivity contribution in [3.05, 3.63) is 34.8 Å². The molecular formula is C15H21N3OS. The van der Waals surface area contributed by atoms with E-state index in [-0.39, 0.29) is 6.04 Å². The number of rotatable bonds is 6. The minimum atomic E-state index is 0.171. The molecule has 1 heterocycles. The van der Waals surface area contributed by atoms with Crippen molar-refractivity contribution in [2.24, 2.45) is 5.92 Å². The summed E-state index contributed by atoms with van der Waals surface area (Å²) in [6.45, 7) is 6.49. The summed E-state index contributed by atoms with van der Waals surface area (Å²) in [4.78, 5) is 0. The van der Waals surface area contributed by atoms with Crippen LogP contribution in [0.1, 0.15) is 37.4 Å². The Morgan fingerprint density at radius 3 is 2.75 bits per heavy atom. The first kappa shape index (κ1) is 14.8. The van der Waals surface area contributed by atoms with Gasteiger partial charge >= 0.3 is 0 Å². The van der Waals surface area contributed by atoms with E-state index in [0.717, 1.165) is 22.3 Å². The van der Waals surface area contributed by atoms with Crippen LogP contribution in [0.15, 0.2) is 24.3 Å². The summed E-state index contributed by atoms with van der Waals surface area (Å²) in [6.07, 6.45) is 0.979. The number of nitrogens with one attached hydrogen (secondary N) is 1. The zero-order valence-electron chi connectivity index (χ0n) is 12.4. The van der Waals surface area contributed by atoms with E-state index in [1.165, 1.54) is 5.56 Å². The van der Waals surface area contributed by atoms with Crippen LogP contribution in [0.2, 0.25) is 0 Å². The highest BCUT2D eigenvalue weighted by Crippen LogP contribution is 2.25. The Kier molecular flexibility index (Phi) is 4.95. The Hall–Kier alpha value is -1.62. The number of ether oxygens (including phenoxy) is 1. The van der Waals surface area contributed by atoms with Crippen LogP contribution in [0.5, 0.6) is 5.75 Å². The molecule has 2 rings (SSSR count). The summed E-state index contributed by atoms with van der Waals surface area (Å²) in [6, 6.07) is 8.23. The highest BCUT2D eigenvalue weighted by Gasteiger charge is 2.11. The molecule has 0 aliphatic carbocycles. The summed E-state index contributed by atoms with van der Waals surface area (Å²) in [5.74, 6) is 1.47. The summed E-state index contributed by atoms with van der Waals surface area (Å²) in [5, 5.41) is 13.8. The molecule has 0 aliphatic heterocycles. The minimum Gasteiger partial charge on any atom is -0.497 e. The SMILES string of the molecule is COc1cccc(C(C)Nc2nnc(CC(C)C)s2)c1. The maximum atomic E-state index is 5.25. The maximum Gasteiger partial charge on any atom is 0.206 e. The third kappa shape index (κ3) is 3.93. The first-order chi connectivity index (χ1) is 9.58. The molecule has 108 valence electrons. The number of anilines is 1. The summed E-state index contributed by atoms with van der Waals surface area (Å²) < 4.78 is 5.25. The summed E-state index contributed by atoms with van der Waals surface area (Å²) in [5.41, 5.74) is 1.17. The maximum absolute atomic E-state index is 5.25. The van der Waals surface area contributed by atoms with Gasteiger partial charge in [0, 0.05) is 6.42 Å². The lowest BCUT2D eigenvalue weighted by atomic mass is 10.1. The molecule has 2 aromatic rings. The van der Waals surface area contributed by atoms with Gasteiger partial charge in [-0.2, -0.15) is 0 Å². The van der Waals surface area contributed by atoms with Crippen molar-refractivity contribution in [3.8, 4) is 5.75 Å². The molecule has 4 nitrogen and oxygen atoms in total. The van der Waals surface area contributed by atoms with Crippen molar-refractivity contribution in [2.45, 2.75) is 33.2 Å². The Morgan fingerprint density at radius 1 is 1.25 bits per heavy atom. The number of benzene rings is 1. The average Bonchev–Trinajstić information content (AvgIpc) is 2.85. The molecule has 0 aliphatic rings. The third-order valence-corrected chi connectivity index (χ3v) is 3.86. The lowest BCUT2D eigenvalue weighted by Gasteiger charge is -2.13. The van der Waals surface area contributed by atoms with Crippen molar-refractivity contribution in [3.63, 3.8) is 0 Å². The highest BCUT2D eigenvalue weighted by molar-refractivity contribution is 7.15. The molecule has 5 heteroatoms. The molecule has 1 aromatic carbocycles. The van der Waals surface area contributed by atoms with E-state index in [1.54, 1.807) is 18.4 Å². The second-order valence-electron chi connectivity index (χ2n) is 5.24. The predicted octanol–water partition coefficient (Wildman–Crippen LogP) is 3.92. The summed E-state index contributed by atoms with van der Waals surface area (Å²) >= 11 is 1.63. The van der Waals surface area contributed by atoms with Crippen molar-refractivity contribution in [1.29, 1.82) is 0 Å². The van der Waals surface area contributed by atoms with Gasteiger partial charge in [-0.15, -0.1) is 10.2 Å². The molecule has 1 N–H and O–H groups in total. The monoisotopic (exact) mass is 291 g/mol. The average molecular weight is 291 g/mol. The first-order valence-corrected chi connectivity index (χ1v) is 7.63. The van der Waals surface area contributed by atoms with Crippen LogP contribution in [0.3, 0.4) is 0 Å². The van der Waals surface area contributed by atoms with Gasteiger partial charge in [0.25, 0.3) is 0 Å². The second kappa shape index (κ2) is 6.70. The fourth-order valence-corrected chi connectivity index (χ4v) is 2.96. The van der Waals surface area contributed by atoms with Crippen molar-refractivity contribution in [2.75, 3.05) is 12.4 Å². The van der Waals surface area contributed by atoms with Gasteiger partial charge in [0.05, 0.1) is 13.2 Å². The molecule has 1 atom stereocenters. The van der Waals surface area contributed by atoms with Crippen LogP contribution >= 0.6 is 11.3 Å². The van der Waals surface area contributed by atoms with E-state index in [4.69, 9.17) is 4.74 Å². The van der Waals surface area contributed by atoms with E-state index >= 15 is 0 Å². The highest BCUT2D eigenvalue weighted by atomic mass is 32.1. The van der Waals surface area contributed by atoms with Crippen LogP contribution in [0, 0.1) is 5.92 Å². The smallest absolute Gasteiger partial charge is 0.206 e. The molecular weight excluding hydrogens is 270 g/mol. The van der Waals surface area contributed by atoms with Crippen LogP contribution in [0.4, 0.5) is 5.13 Å². The standard InChI is InChI=1S/C15H21N3OS/c1-10(2)8-14-17-18-15(20-14)16-11(3)12-6-5-7-13(9-12)19-4/h5-7,9-11H,8H2,1-4H3,(H,16,18). The van der Waals surface area contributed by atoms with Gasteiger partial charge in [-0.05, 0) is 30.5 Å². The van der Waals surface area contributed by atoms with Gasteiger partial charge in [-0.3, -0.25) is 0 Å². The van der Waals surface area contributed by atoms with Gasteiger partial charge in [-0.1, -0.05) is 37.3 Å². The molecule has 0 saturated carbocycles. The van der Waals surface area contributed by atoms with Crippen molar-refractivity contribution >= 4 is 16.5 Å². The van der Waals surface area contributed by atoms with Crippen LogP contribution < -0.4 is 10.1 Å². The minimum absolute atomic E-state index is 0.171. The Balaban J connectivity index is 2.03. The fraction of sp³-hybridized carbons (Fsp3) is 0.467. The number of methoxy groups -OCH3 is 1. The Labute approximate surface area is 124 Å². The van der Waals surface area contributed by atoms with E-state index in [2.05, 4.69) is 42.4 Å².